The molecule has 4 amide bonds. The summed E-state index contributed by atoms with van der Waals surface area (Å²) >= 11 is 0. The van der Waals surface area contributed by atoms with Crippen molar-refractivity contribution in [1.82, 2.24) is 25.1 Å². The van der Waals surface area contributed by atoms with Gasteiger partial charge in [-0.1, -0.05) is 6.92 Å². The van der Waals surface area contributed by atoms with E-state index in [1.807, 2.05) is 19.1 Å². The maximum Gasteiger partial charge on any atom is 0.344 e. The van der Waals surface area contributed by atoms with Crippen molar-refractivity contribution in [3.8, 4) is 0 Å². The summed E-state index contributed by atoms with van der Waals surface area (Å²) in [6.45, 7) is 4.07. The van der Waals surface area contributed by atoms with Gasteiger partial charge in [-0.25, -0.2) is 9.78 Å². The second-order valence-electron chi connectivity index (χ2n) is 7.37. The number of aromatic nitrogens is 2. The standard InChI is InChI=1S/C18H21N5O3/c1-11-3-6-18(7-4-11)16(25)23(17(26)20-18)21-15(24)13-10-22-8-5-12(2)9-14(22)19-13/h5,8-11H,3-4,6-7H2,1-2H3,(H,20,26)(H,21,24). The van der Waals surface area contributed by atoms with Crippen molar-refractivity contribution in [3.05, 3.63) is 35.8 Å². The van der Waals surface area contributed by atoms with Gasteiger partial charge >= 0.3 is 6.03 Å². The Morgan fingerprint density at radius 3 is 2.81 bits per heavy atom. The monoisotopic (exact) mass is 355 g/mol. The average Bonchev–Trinajstić information content (AvgIpc) is 3.12. The number of carbonyl (C=O) groups excluding carboxylic acids is 3. The van der Waals surface area contributed by atoms with Crippen molar-refractivity contribution in [2.24, 2.45) is 5.92 Å². The van der Waals surface area contributed by atoms with Crippen LogP contribution in [-0.4, -0.2) is 37.8 Å². The molecule has 4 rings (SSSR count). The van der Waals surface area contributed by atoms with Crippen LogP contribution in [0, 0.1) is 12.8 Å². The van der Waals surface area contributed by atoms with Crippen LogP contribution in [0.25, 0.3) is 5.65 Å². The van der Waals surface area contributed by atoms with Gasteiger partial charge in [-0.15, -0.1) is 0 Å². The van der Waals surface area contributed by atoms with Crippen LogP contribution in [0.15, 0.2) is 24.5 Å². The number of nitrogens with zero attached hydrogens (tertiary/aromatic N) is 3. The number of amides is 4. The van der Waals surface area contributed by atoms with Gasteiger partial charge in [-0.3, -0.25) is 15.0 Å². The first-order valence-corrected chi connectivity index (χ1v) is 8.81. The Labute approximate surface area is 150 Å². The highest BCUT2D eigenvalue weighted by Crippen LogP contribution is 2.35. The van der Waals surface area contributed by atoms with Crippen molar-refractivity contribution in [2.45, 2.75) is 45.1 Å². The van der Waals surface area contributed by atoms with Crippen LogP contribution < -0.4 is 10.7 Å². The second kappa shape index (κ2) is 5.82. The number of hydrogen-bond acceptors (Lipinski definition) is 4. The fraction of sp³-hybridized carbons (Fsp3) is 0.444. The molecule has 8 heteroatoms. The first-order chi connectivity index (χ1) is 12.4. The van der Waals surface area contributed by atoms with Crippen LogP contribution in [0.2, 0.25) is 0 Å². The molecule has 136 valence electrons. The molecule has 1 aliphatic heterocycles. The summed E-state index contributed by atoms with van der Waals surface area (Å²) in [7, 11) is 0. The minimum atomic E-state index is -0.882. The number of urea groups is 1. The van der Waals surface area contributed by atoms with Crippen molar-refractivity contribution in [1.29, 1.82) is 0 Å². The van der Waals surface area contributed by atoms with Crippen molar-refractivity contribution in [2.75, 3.05) is 0 Å². The number of hydrazine groups is 1. The van der Waals surface area contributed by atoms with Gasteiger partial charge in [0.05, 0.1) is 0 Å². The molecule has 0 atom stereocenters. The molecule has 0 bridgehead atoms. The summed E-state index contributed by atoms with van der Waals surface area (Å²) in [6, 6.07) is 3.17. The van der Waals surface area contributed by atoms with E-state index in [9.17, 15) is 14.4 Å². The summed E-state index contributed by atoms with van der Waals surface area (Å²) in [6.07, 6.45) is 6.32. The third kappa shape index (κ3) is 2.61. The lowest BCUT2D eigenvalue weighted by atomic mass is 9.77. The third-order valence-electron chi connectivity index (χ3n) is 5.35. The van der Waals surface area contributed by atoms with E-state index >= 15 is 0 Å². The Morgan fingerprint density at radius 2 is 2.08 bits per heavy atom. The Kier molecular flexibility index (Phi) is 3.71. The molecular weight excluding hydrogens is 334 g/mol. The molecule has 2 N–H and O–H groups in total. The van der Waals surface area contributed by atoms with Gasteiger partial charge in [-0.2, -0.15) is 5.01 Å². The summed E-state index contributed by atoms with van der Waals surface area (Å²) in [5.41, 5.74) is 3.33. The van der Waals surface area contributed by atoms with Crippen LogP contribution in [-0.2, 0) is 4.79 Å². The lowest BCUT2D eigenvalue weighted by Gasteiger charge is -2.33. The minimum Gasteiger partial charge on any atom is -0.322 e. The van der Waals surface area contributed by atoms with Gasteiger partial charge in [0.1, 0.15) is 16.9 Å². The molecule has 1 saturated carbocycles. The Bertz CT molecular complexity index is 911. The minimum absolute atomic E-state index is 0.148. The molecule has 0 radical (unpaired) electrons. The van der Waals surface area contributed by atoms with Crippen LogP contribution >= 0.6 is 0 Å². The van der Waals surface area contributed by atoms with E-state index in [-0.39, 0.29) is 11.6 Å². The van der Waals surface area contributed by atoms with E-state index in [4.69, 9.17) is 0 Å². The fourth-order valence-electron chi connectivity index (χ4n) is 3.67. The predicted molar refractivity (Wildman–Crippen MR) is 93.1 cm³/mol. The fourth-order valence-corrected chi connectivity index (χ4v) is 3.67. The molecule has 0 unspecified atom stereocenters. The van der Waals surface area contributed by atoms with E-state index < -0.39 is 17.5 Å². The number of hydrogen-bond donors (Lipinski definition) is 2. The van der Waals surface area contributed by atoms with E-state index in [1.165, 1.54) is 0 Å². The third-order valence-corrected chi connectivity index (χ3v) is 5.35. The zero-order valence-electron chi connectivity index (χ0n) is 14.8. The molecule has 1 saturated heterocycles. The Morgan fingerprint density at radius 1 is 1.35 bits per heavy atom. The van der Waals surface area contributed by atoms with E-state index in [0.29, 0.717) is 24.4 Å². The number of carbonyl (C=O) groups is 3. The largest absolute Gasteiger partial charge is 0.344 e. The van der Waals surface area contributed by atoms with Gasteiger partial charge in [-0.05, 0) is 56.2 Å². The molecule has 3 heterocycles. The highest BCUT2D eigenvalue weighted by molar-refractivity contribution is 6.09. The number of aryl methyl sites for hydroxylation is 1. The molecule has 2 aromatic rings. The van der Waals surface area contributed by atoms with Gasteiger partial charge in [0.25, 0.3) is 11.8 Å². The van der Waals surface area contributed by atoms with E-state index in [0.717, 1.165) is 23.4 Å². The Hall–Kier alpha value is -2.90. The quantitative estimate of drug-likeness (QED) is 0.803. The molecule has 8 nitrogen and oxygen atoms in total. The topological polar surface area (TPSA) is 95.8 Å². The number of imidazole rings is 1. The van der Waals surface area contributed by atoms with Gasteiger partial charge in [0.15, 0.2) is 0 Å². The number of nitrogens with one attached hydrogen (secondary N) is 2. The van der Waals surface area contributed by atoms with E-state index in [1.54, 1.807) is 16.8 Å². The molecule has 0 aromatic carbocycles. The molecule has 2 aliphatic rings. The SMILES string of the molecule is Cc1ccn2cc(C(=O)NN3C(=O)NC4(CCC(C)CC4)C3=O)nc2c1. The Balaban J connectivity index is 1.53. The first kappa shape index (κ1) is 16.6. The van der Waals surface area contributed by atoms with Gasteiger partial charge in [0, 0.05) is 12.4 Å². The predicted octanol–water partition coefficient (Wildman–Crippen LogP) is 1.79. The first-order valence-electron chi connectivity index (χ1n) is 8.81. The molecule has 2 aromatic heterocycles. The number of imide groups is 1. The van der Waals surface area contributed by atoms with Crippen molar-refractivity contribution < 1.29 is 14.4 Å². The summed E-state index contributed by atoms with van der Waals surface area (Å²) < 4.78 is 1.72. The highest BCUT2D eigenvalue weighted by Gasteiger charge is 2.53. The molecule has 1 aliphatic carbocycles. The van der Waals surface area contributed by atoms with Crippen LogP contribution in [0.1, 0.15) is 48.7 Å². The molecule has 1 spiro atoms. The van der Waals surface area contributed by atoms with Gasteiger partial charge < -0.3 is 9.72 Å². The maximum absolute atomic E-state index is 12.8. The number of pyridine rings is 1. The zero-order chi connectivity index (χ0) is 18.5. The van der Waals surface area contributed by atoms with E-state index in [2.05, 4.69) is 22.7 Å². The number of rotatable bonds is 2. The second-order valence-corrected chi connectivity index (χ2v) is 7.37. The molecule has 26 heavy (non-hydrogen) atoms. The molecule has 2 fully saturated rings. The normalized spacial score (nSPS) is 25.8. The van der Waals surface area contributed by atoms with Crippen LogP contribution in [0.3, 0.4) is 0 Å². The lowest BCUT2D eigenvalue weighted by Crippen LogP contribution is -2.51. The zero-order valence-corrected chi connectivity index (χ0v) is 14.8. The van der Waals surface area contributed by atoms with Crippen LogP contribution in [0.5, 0.6) is 0 Å². The average molecular weight is 355 g/mol. The molecular formula is C18H21N5O3. The van der Waals surface area contributed by atoms with Crippen molar-refractivity contribution in [3.63, 3.8) is 0 Å². The number of fused-ring (bicyclic) bond motifs is 1. The smallest absolute Gasteiger partial charge is 0.322 e. The summed E-state index contributed by atoms with van der Waals surface area (Å²) in [5, 5.41) is 3.58. The van der Waals surface area contributed by atoms with Crippen LogP contribution in [0.4, 0.5) is 4.79 Å². The maximum atomic E-state index is 12.8. The lowest BCUT2D eigenvalue weighted by molar-refractivity contribution is -0.134. The highest BCUT2D eigenvalue weighted by atomic mass is 16.2. The summed E-state index contributed by atoms with van der Waals surface area (Å²) in [5.74, 6) is -0.436. The van der Waals surface area contributed by atoms with Gasteiger partial charge in [0.2, 0.25) is 0 Å². The van der Waals surface area contributed by atoms with Crippen molar-refractivity contribution >= 4 is 23.5 Å². The summed E-state index contributed by atoms with van der Waals surface area (Å²) in [4.78, 5) is 41.8.